The molecule has 3 rings (SSSR count). The van der Waals surface area contributed by atoms with E-state index < -0.39 is 34.0 Å². The van der Waals surface area contributed by atoms with Crippen molar-refractivity contribution < 1.29 is 22.0 Å². The Balaban J connectivity index is 1.78. The van der Waals surface area contributed by atoms with E-state index in [4.69, 9.17) is 5.26 Å². The van der Waals surface area contributed by atoms with Crippen molar-refractivity contribution in [1.82, 2.24) is 20.6 Å². The Morgan fingerprint density at radius 2 is 1.61 bits per heavy atom. The number of aromatic nitrogens is 4. The Hall–Kier alpha value is -3.46. The lowest BCUT2D eigenvalue weighted by Gasteiger charge is -2.08. The highest BCUT2D eigenvalue weighted by atomic mass is 32.2. The van der Waals surface area contributed by atoms with Crippen LogP contribution in [-0.2, 0) is 0 Å². The molecule has 0 atom stereocenters. The van der Waals surface area contributed by atoms with Gasteiger partial charge in [0.2, 0.25) is 11.6 Å². The highest BCUT2D eigenvalue weighted by Gasteiger charge is 2.26. The number of anilines is 1. The average Bonchev–Trinajstić information content (AvgIpc) is 3.24. The summed E-state index contributed by atoms with van der Waals surface area (Å²) in [7, 11) is 0. The lowest BCUT2D eigenvalue weighted by Crippen LogP contribution is -2.03. The second-order valence-electron chi connectivity index (χ2n) is 5.08. The molecule has 0 unspecified atom stereocenters. The zero-order valence-electron chi connectivity index (χ0n) is 13.5. The third-order valence-corrected chi connectivity index (χ3v) is 4.40. The van der Waals surface area contributed by atoms with Crippen LogP contribution < -0.4 is 5.32 Å². The third kappa shape index (κ3) is 3.79. The fourth-order valence-electron chi connectivity index (χ4n) is 1.99. The fourth-order valence-corrected chi connectivity index (χ4v) is 2.86. The minimum absolute atomic E-state index is 0.0773. The third-order valence-electron chi connectivity index (χ3n) is 3.33. The Morgan fingerprint density at radius 1 is 1.00 bits per heavy atom. The molecule has 0 saturated carbocycles. The normalized spacial score (nSPS) is 11.4. The van der Waals surface area contributed by atoms with Crippen LogP contribution in [0.25, 0.3) is 5.57 Å². The molecule has 3 aromatic rings. The predicted molar refractivity (Wildman–Crippen MR) is 88.2 cm³/mol. The molecule has 0 radical (unpaired) electrons. The van der Waals surface area contributed by atoms with Crippen molar-refractivity contribution >= 4 is 23.0 Å². The summed E-state index contributed by atoms with van der Waals surface area (Å²) in [4.78, 5) is -0.766. The zero-order valence-corrected chi connectivity index (χ0v) is 14.3. The number of aromatic amines is 1. The largest absolute Gasteiger partial charge is 0.360 e. The number of hydrogen-bond acceptors (Lipinski definition) is 6. The highest BCUT2D eigenvalue weighted by molar-refractivity contribution is 7.99. The van der Waals surface area contributed by atoms with Crippen LogP contribution in [0.3, 0.4) is 0 Å². The van der Waals surface area contributed by atoms with Crippen LogP contribution in [0, 0.1) is 40.4 Å². The number of allylic oxidation sites excluding steroid dienone is 1. The van der Waals surface area contributed by atoms with Gasteiger partial charge in [-0.05, 0) is 29.5 Å². The van der Waals surface area contributed by atoms with E-state index in [0.717, 1.165) is 0 Å². The van der Waals surface area contributed by atoms with Crippen LogP contribution in [-0.4, -0.2) is 20.6 Å². The maximum atomic E-state index is 13.7. The summed E-state index contributed by atoms with van der Waals surface area (Å²) >= 11 is 0.389. The van der Waals surface area contributed by atoms with Crippen molar-refractivity contribution in [2.24, 2.45) is 0 Å². The molecule has 1 heterocycles. The van der Waals surface area contributed by atoms with Crippen LogP contribution in [0.15, 0.2) is 40.3 Å². The van der Waals surface area contributed by atoms with Gasteiger partial charge in [-0.25, -0.2) is 22.0 Å². The van der Waals surface area contributed by atoms with Crippen molar-refractivity contribution in [2.45, 2.75) is 9.79 Å². The molecule has 0 amide bonds. The lowest BCUT2D eigenvalue weighted by atomic mass is 10.3. The van der Waals surface area contributed by atoms with Gasteiger partial charge in [-0.15, -0.1) is 10.2 Å². The Kier molecular flexibility index (Phi) is 5.55. The number of hydrogen-bond donors (Lipinski definition) is 2. The Bertz CT molecular complexity index is 1050. The highest BCUT2D eigenvalue weighted by Crippen LogP contribution is 2.35. The first-order valence-electron chi connectivity index (χ1n) is 7.32. The number of nitrogens with zero attached hydrogens (tertiary/aromatic N) is 4. The number of nitrogens with one attached hydrogen (secondary N) is 2. The summed E-state index contributed by atoms with van der Waals surface area (Å²) in [6.07, 6.45) is 1.32. The molecule has 0 fully saturated rings. The smallest absolute Gasteiger partial charge is 0.216 e. The van der Waals surface area contributed by atoms with Gasteiger partial charge in [0.15, 0.2) is 23.3 Å². The number of H-pyrrole nitrogens is 1. The molecule has 0 saturated heterocycles. The summed E-state index contributed by atoms with van der Waals surface area (Å²) in [5, 5.41) is 24.7. The van der Waals surface area contributed by atoms with Crippen molar-refractivity contribution in [3.8, 4) is 6.07 Å². The maximum absolute atomic E-state index is 13.7. The summed E-state index contributed by atoms with van der Waals surface area (Å²) in [5.41, 5.74) is 0.576. The van der Waals surface area contributed by atoms with Crippen LogP contribution in [0.2, 0.25) is 0 Å². The molecule has 6 nitrogen and oxygen atoms in total. The summed E-state index contributed by atoms with van der Waals surface area (Å²) < 4.78 is 67.1. The second-order valence-corrected chi connectivity index (χ2v) is 6.16. The van der Waals surface area contributed by atoms with Gasteiger partial charge in [-0.3, -0.25) is 0 Å². The molecule has 2 aromatic carbocycles. The van der Waals surface area contributed by atoms with E-state index in [1.54, 1.807) is 0 Å². The van der Waals surface area contributed by atoms with E-state index in [0.29, 0.717) is 17.4 Å². The van der Waals surface area contributed by atoms with E-state index in [1.807, 2.05) is 6.07 Å². The van der Waals surface area contributed by atoms with Crippen molar-refractivity contribution in [1.29, 1.82) is 5.26 Å². The van der Waals surface area contributed by atoms with Crippen LogP contribution in [0.5, 0.6) is 0 Å². The molecule has 0 spiro atoms. The van der Waals surface area contributed by atoms with Gasteiger partial charge in [0, 0.05) is 16.8 Å². The number of rotatable bonds is 5. The topological polar surface area (TPSA) is 90.3 Å². The number of nitriles is 1. The van der Waals surface area contributed by atoms with Crippen LogP contribution >= 0.6 is 11.8 Å². The van der Waals surface area contributed by atoms with Crippen LogP contribution in [0.1, 0.15) is 5.82 Å². The van der Waals surface area contributed by atoms with Gasteiger partial charge in [0.25, 0.3) is 0 Å². The average molecular weight is 410 g/mol. The van der Waals surface area contributed by atoms with Crippen molar-refractivity contribution in [3.63, 3.8) is 0 Å². The van der Waals surface area contributed by atoms with Crippen molar-refractivity contribution in [3.05, 3.63) is 65.4 Å². The van der Waals surface area contributed by atoms with Gasteiger partial charge < -0.3 is 5.32 Å². The molecule has 142 valence electrons. The Labute approximate surface area is 158 Å². The zero-order chi connectivity index (χ0) is 20.3. The molecule has 0 aliphatic carbocycles. The standard InChI is InChI=1S/C16H7F5N6S/c17-10-11(18)13(20)15(14(21)12(10)19)28-9-3-1-8(2-4-9)23-6-7(5-22)16-24-26-27-25-16/h1-4,6,23H,(H,24,25,26,27). The van der Waals surface area contributed by atoms with Gasteiger partial charge in [-0.1, -0.05) is 11.8 Å². The molecule has 0 aliphatic heterocycles. The van der Waals surface area contributed by atoms with E-state index in [9.17, 15) is 22.0 Å². The summed E-state index contributed by atoms with van der Waals surface area (Å²) in [6.45, 7) is 0. The van der Waals surface area contributed by atoms with E-state index in [1.165, 1.54) is 30.5 Å². The summed E-state index contributed by atoms with van der Waals surface area (Å²) in [6, 6.07) is 7.64. The van der Waals surface area contributed by atoms with Crippen molar-refractivity contribution in [2.75, 3.05) is 5.32 Å². The SMILES string of the molecule is N#CC(=CNc1ccc(Sc2c(F)c(F)c(F)c(F)c2F)cc1)c1nn[nH]n1. The maximum Gasteiger partial charge on any atom is 0.216 e. The van der Waals surface area contributed by atoms with Crippen LogP contribution in [0.4, 0.5) is 27.6 Å². The first-order valence-corrected chi connectivity index (χ1v) is 8.14. The minimum atomic E-state index is -2.21. The van der Waals surface area contributed by atoms with Gasteiger partial charge >= 0.3 is 0 Å². The molecule has 0 aliphatic rings. The number of halogens is 5. The first kappa shape index (κ1) is 19.3. The second kappa shape index (κ2) is 8.05. The summed E-state index contributed by atoms with van der Waals surface area (Å²) in [5.74, 6) is -9.93. The number of benzene rings is 2. The van der Waals surface area contributed by atoms with E-state index >= 15 is 0 Å². The Morgan fingerprint density at radius 3 is 2.14 bits per heavy atom. The van der Waals surface area contributed by atoms with Gasteiger partial charge in [-0.2, -0.15) is 10.5 Å². The quantitative estimate of drug-likeness (QED) is 0.286. The molecule has 1 aromatic heterocycles. The molecular weight excluding hydrogens is 403 g/mol. The molecule has 28 heavy (non-hydrogen) atoms. The van der Waals surface area contributed by atoms with E-state index in [-0.39, 0.29) is 16.3 Å². The van der Waals surface area contributed by atoms with Gasteiger partial charge in [0.1, 0.15) is 11.6 Å². The molecule has 0 bridgehead atoms. The fraction of sp³-hybridized carbons (Fsp3) is 0. The van der Waals surface area contributed by atoms with E-state index in [2.05, 4.69) is 25.9 Å². The lowest BCUT2D eigenvalue weighted by molar-refractivity contribution is 0.361. The first-order chi connectivity index (χ1) is 13.4. The predicted octanol–water partition coefficient (Wildman–Crippen LogP) is 4.02. The van der Waals surface area contributed by atoms with Gasteiger partial charge in [0.05, 0.1) is 4.90 Å². The molecule has 2 N–H and O–H groups in total. The molecular formula is C16H7F5N6S. The molecule has 12 heteroatoms. The monoisotopic (exact) mass is 410 g/mol. The minimum Gasteiger partial charge on any atom is -0.360 e. The number of tetrazole rings is 1.